The minimum absolute atomic E-state index is 0.0768. The first-order valence-corrected chi connectivity index (χ1v) is 7.87. The third-order valence-corrected chi connectivity index (χ3v) is 2.93. The Kier molecular flexibility index (Phi) is 13.0. The Labute approximate surface area is 146 Å². The first kappa shape index (κ1) is 23.8. The van der Waals surface area contributed by atoms with Crippen molar-refractivity contribution >= 4 is 17.7 Å². The average Bonchev–Trinajstić information content (AvgIpc) is 2.97. The molecule has 24 heavy (non-hydrogen) atoms. The molecule has 0 spiro atoms. The van der Waals surface area contributed by atoms with Crippen molar-refractivity contribution < 1.29 is 4.39 Å². The summed E-state index contributed by atoms with van der Waals surface area (Å²) in [6.45, 7) is 21.9. The number of H-pyrrole nitrogens is 1. The second-order valence-electron chi connectivity index (χ2n) is 4.93. The molecule has 0 atom stereocenters. The molecule has 0 aliphatic heterocycles. The monoisotopic (exact) mass is 330 g/mol. The molecule has 0 fully saturated rings. The lowest BCUT2D eigenvalue weighted by atomic mass is 9.93. The number of nitrogens with zero attached hydrogens (tertiary/aromatic N) is 1. The maximum atomic E-state index is 9.50. The molecule has 0 unspecified atom stereocenters. The summed E-state index contributed by atoms with van der Waals surface area (Å²) < 4.78 is 9.50. The van der Waals surface area contributed by atoms with E-state index in [1.807, 2.05) is 13.8 Å². The van der Waals surface area contributed by atoms with Crippen LogP contribution in [-0.2, 0) is 0 Å². The van der Waals surface area contributed by atoms with Crippen molar-refractivity contribution in [3.63, 3.8) is 0 Å². The molecule has 132 valence electrons. The van der Waals surface area contributed by atoms with Gasteiger partial charge in [-0.15, -0.1) is 13.2 Å². The predicted molar refractivity (Wildman–Crippen MR) is 108 cm³/mol. The Hall–Kier alpha value is -2.42. The third-order valence-electron chi connectivity index (χ3n) is 2.93. The summed E-state index contributed by atoms with van der Waals surface area (Å²) in [5, 5.41) is 0. The highest BCUT2D eigenvalue weighted by molar-refractivity contribution is 5.74. The van der Waals surface area contributed by atoms with Gasteiger partial charge in [0.2, 0.25) is 0 Å². The number of halogens is 1. The first-order chi connectivity index (χ1) is 11.6. The van der Waals surface area contributed by atoms with Crippen molar-refractivity contribution in [1.29, 1.82) is 0 Å². The maximum absolute atomic E-state index is 9.50. The van der Waals surface area contributed by atoms with Crippen LogP contribution in [0.15, 0.2) is 56.7 Å². The Morgan fingerprint density at radius 1 is 1.08 bits per heavy atom. The number of hydrogen-bond acceptors (Lipinski definition) is 1. The molecule has 0 saturated carbocycles. The molecule has 0 saturated heterocycles. The van der Waals surface area contributed by atoms with E-state index in [-0.39, 0.29) is 5.41 Å². The van der Waals surface area contributed by atoms with Crippen LogP contribution < -0.4 is 0 Å². The fraction of sp³-hybridized carbons (Fsp3) is 0.286. The smallest absolute Gasteiger partial charge is 0.138 e. The number of allylic oxidation sites excluding steroid dienone is 6. The lowest BCUT2D eigenvalue weighted by Gasteiger charge is -2.12. The van der Waals surface area contributed by atoms with Gasteiger partial charge in [0.15, 0.2) is 0 Å². The van der Waals surface area contributed by atoms with Gasteiger partial charge in [0.25, 0.3) is 0 Å². The first-order valence-electron chi connectivity index (χ1n) is 7.87. The minimum atomic E-state index is 0.0768. The van der Waals surface area contributed by atoms with Gasteiger partial charge in [-0.1, -0.05) is 71.2 Å². The SMILES string of the molecule is C=C.C=Cc1nc(C2=CC=CC(C)(C)C=C2)[nH]c1C=C.CC.CF. The molecule has 1 aromatic rings. The van der Waals surface area contributed by atoms with Crippen molar-refractivity contribution in [2.75, 3.05) is 7.18 Å². The van der Waals surface area contributed by atoms with E-state index in [1.165, 1.54) is 0 Å². The zero-order valence-corrected chi connectivity index (χ0v) is 15.7. The second-order valence-corrected chi connectivity index (χ2v) is 4.93. The minimum Gasteiger partial charge on any atom is -0.338 e. The van der Waals surface area contributed by atoms with Crippen LogP contribution in [0.1, 0.15) is 44.9 Å². The second kappa shape index (κ2) is 13.1. The van der Waals surface area contributed by atoms with Crippen LogP contribution in [-0.4, -0.2) is 17.1 Å². The lowest BCUT2D eigenvalue weighted by molar-refractivity contribution is 0.627. The van der Waals surface area contributed by atoms with E-state index in [9.17, 15) is 4.39 Å². The molecule has 2 rings (SSSR count). The summed E-state index contributed by atoms with van der Waals surface area (Å²) in [6.07, 6.45) is 14.1. The van der Waals surface area contributed by atoms with Crippen LogP contribution in [0.4, 0.5) is 4.39 Å². The van der Waals surface area contributed by atoms with Crippen molar-refractivity contribution in [2.45, 2.75) is 27.7 Å². The summed E-state index contributed by atoms with van der Waals surface area (Å²) in [6, 6.07) is 0. The summed E-state index contributed by atoms with van der Waals surface area (Å²) in [5.74, 6) is 0.846. The molecular formula is C21H31FN2. The molecule has 1 aliphatic carbocycles. The molecule has 0 amide bonds. The van der Waals surface area contributed by atoms with E-state index in [0.29, 0.717) is 7.18 Å². The number of imidazole rings is 1. The van der Waals surface area contributed by atoms with Gasteiger partial charge in [-0.3, -0.25) is 4.39 Å². The highest BCUT2D eigenvalue weighted by atomic mass is 19.1. The number of aromatic nitrogens is 2. The van der Waals surface area contributed by atoms with Crippen LogP contribution in [0.3, 0.4) is 0 Å². The van der Waals surface area contributed by atoms with E-state index in [2.05, 4.69) is 80.5 Å². The summed E-state index contributed by atoms with van der Waals surface area (Å²) in [5.41, 5.74) is 2.88. The quantitative estimate of drug-likeness (QED) is 0.618. The molecular weight excluding hydrogens is 299 g/mol. The van der Waals surface area contributed by atoms with Crippen molar-refractivity contribution in [3.05, 3.63) is 73.9 Å². The number of alkyl halides is 1. The van der Waals surface area contributed by atoms with Crippen LogP contribution in [0, 0.1) is 5.41 Å². The van der Waals surface area contributed by atoms with Crippen LogP contribution in [0.25, 0.3) is 17.7 Å². The van der Waals surface area contributed by atoms with Gasteiger partial charge in [-0.2, -0.15) is 0 Å². The maximum Gasteiger partial charge on any atom is 0.138 e. The molecule has 1 heterocycles. The molecule has 0 aromatic carbocycles. The lowest BCUT2D eigenvalue weighted by Crippen LogP contribution is -2.00. The normalized spacial score (nSPS) is 13.5. The Balaban J connectivity index is 0. The fourth-order valence-electron chi connectivity index (χ4n) is 1.82. The van der Waals surface area contributed by atoms with Crippen molar-refractivity contribution in [1.82, 2.24) is 9.97 Å². The summed E-state index contributed by atoms with van der Waals surface area (Å²) >= 11 is 0. The fourth-order valence-corrected chi connectivity index (χ4v) is 1.82. The van der Waals surface area contributed by atoms with E-state index in [4.69, 9.17) is 0 Å². The van der Waals surface area contributed by atoms with Gasteiger partial charge in [-0.05, 0) is 12.2 Å². The van der Waals surface area contributed by atoms with Gasteiger partial charge < -0.3 is 4.98 Å². The zero-order chi connectivity index (χ0) is 19.2. The summed E-state index contributed by atoms with van der Waals surface area (Å²) in [4.78, 5) is 7.77. The molecule has 1 aromatic heterocycles. The van der Waals surface area contributed by atoms with E-state index in [0.717, 1.165) is 22.8 Å². The standard InChI is InChI=1S/C16H18N2.C2H6.C2H4.CH3F/c1-5-13-14(6-2)18-15(17-13)12-8-7-10-16(3,4)11-9-12;3*1-2/h5-11H,1-2H2,3-4H3,(H,17,18);1-2H3;1-2H2;1H3. The third kappa shape index (κ3) is 7.23. The Morgan fingerprint density at radius 3 is 2.12 bits per heavy atom. The molecule has 1 aliphatic rings. The molecule has 1 N–H and O–H groups in total. The topological polar surface area (TPSA) is 28.7 Å². The summed E-state index contributed by atoms with van der Waals surface area (Å²) in [7, 11) is 0.500. The van der Waals surface area contributed by atoms with Crippen LogP contribution in [0.5, 0.6) is 0 Å². The molecule has 0 radical (unpaired) electrons. The van der Waals surface area contributed by atoms with Crippen molar-refractivity contribution in [3.8, 4) is 0 Å². The van der Waals surface area contributed by atoms with Gasteiger partial charge in [0.1, 0.15) is 5.82 Å². The predicted octanol–water partition coefficient (Wildman–Crippen LogP) is 6.65. The zero-order valence-electron chi connectivity index (χ0n) is 15.7. The largest absolute Gasteiger partial charge is 0.338 e. The van der Waals surface area contributed by atoms with E-state index in [1.54, 1.807) is 12.2 Å². The van der Waals surface area contributed by atoms with Crippen LogP contribution >= 0.6 is 0 Å². The number of hydrogen-bond donors (Lipinski definition) is 1. The van der Waals surface area contributed by atoms with Gasteiger partial charge in [0.05, 0.1) is 18.6 Å². The van der Waals surface area contributed by atoms with E-state index >= 15 is 0 Å². The van der Waals surface area contributed by atoms with Crippen LogP contribution in [0.2, 0.25) is 0 Å². The van der Waals surface area contributed by atoms with Gasteiger partial charge >= 0.3 is 0 Å². The van der Waals surface area contributed by atoms with Crippen molar-refractivity contribution in [2.24, 2.45) is 5.41 Å². The van der Waals surface area contributed by atoms with Gasteiger partial charge in [0, 0.05) is 11.0 Å². The highest BCUT2D eigenvalue weighted by Crippen LogP contribution is 2.26. The highest BCUT2D eigenvalue weighted by Gasteiger charge is 2.13. The molecule has 0 bridgehead atoms. The Morgan fingerprint density at radius 2 is 1.67 bits per heavy atom. The number of aromatic amines is 1. The molecule has 2 nitrogen and oxygen atoms in total. The van der Waals surface area contributed by atoms with E-state index < -0.39 is 0 Å². The number of nitrogens with one attached hydrogen (secondary N) is 1. The number of rotatable bonds is 3. The van der Waals surface area contributed by atoms with Gasteiger partial charge in [-0.25, -0.2) is 4.98 Å². The molecule has 3 heteroatoms. The average molecular weight is 330 g/mol. The Bertz CT molecular complexity index is 561.